The SMILES string of the molecule is Cn1cc(C[C@@H](N)C(=O)N2CCC[C@H]2C#N)c2ccccc21.O=C(O)C(F)(F)F.S. The molecule has 1 aliphatic rings. The first-order valence-electron chi connectivity index (χ1n) is 8.85. The molecule has 0 bridgehead atoms. The molecule has 1 aliphatic heterocycles. The van der Waals surface area contributed by atoms with Gasteiger partial charge in [0.2, 0.25) is 5.91 Å². The summed E-state index contributed by atoms with van der Waals surface area (Å²) >= 11 is 0. The van der Waals surface area contributed by atoms with Crippen LogP contribution in [-0.2, 0) is 23.1 Å². The molecule has 0 radical (unpaired) electrons. The fraction of sp³-hybridized carbons (Fsp3) is 0.421. The van der Waals surface area contributed by atoms with E-state index in [0.717, 1.165) is 29.3 Å². The van der Waals surface area contributed by atoms with E-state index in [1.807, 2.05) is 25.4 Å². The van der Waals surface area contributed by atoms with Crippen LogP contribution < -0.4 is 5.73 Å². The molecular formula is C19H23F3N4O3S. The van der Waals surface area contributed by atoms with Gasteiger partial charge in [0.05, 0.1) is 12.1 Å². The monoisotopic (exact) mass is 444 g/mol. The first-order valence-corrected chi connectivity index (χ1v) is 8.85. The molecule has 0 aliphatic carbocycles. The van der Waals surface area contributed by atoms with Crippen molar-refractivity contribution in [2.45, 2.75) is 37.5 Å². The standard InChI is InChI=1S/C17H20N4O.C2HF3O2.H2S/c1-20-11-12(14-6-2-3-7-16(14)20)9-15(19)17(22)21-8-4-5-13(21)10-18;3-2(4,5)1(6)7;/h2-3,6-7,11,13,15H,4-5,8-9,19H2,1H3;(H,6,7);1H2/t13-,15+;;/m0../s1. The summed E-state index contributed by atoms with van der Waals surface area (Å²) in [7, 11) is 1.99. The molecule has 2 heterocycles. The second-order valence-electron chi connectivity index (χ2n) is 6.71. The number of carboxylic acids is 1. The Hall–Kier alpha value is -2.71. The Morgan fingerprint density at radius 2 is 1.97 bits per heavy atom. The van der Waals surface area contributed by atoms with Crippen LogP contribution in [0, 0.1) is 11.3 Å². The summed E-state index contributed by atoms with van der Waals surface area (Å²) in [6, 6.07) is 9.38. The number of para-hydroxylation sites is 1. The molecule has 3 rings (SSSR count). The van der Waals surface area contributed by atoms with Crippen molar-refractivity contribution in [1.82, 2.24) is 9.47 Å². The molecule has 0 spiro atoms. The number of alkyl halides is 3. The summed E-state index contributed by atoms with van der Waals surface area (Å²) in [5, 5.41) is 17.4. The molecule has 0 saturated carbocycles. The minimum absolute atomic E-state index is 0. The topological polar surface area (TPSA) is 112 Å². The Balaban J connectivity index is 0.000000489. The molecule has 1 aromatic carbocycles. The van der Waals surface area contributed by atoms with Crippen LogP contribution in [0.4, 0.5) is 13.2 Å². The number of nitriles is 1. The largest absolute Gasteiger partial charge is 0.490 e. The predicted octanol–water partition coefficient (Wildman–Crippen LogP) is 2.31. The molecule has 0 unspecified atom stereocenters. The average Bonchev–Trinajstić information content (AvgIpc) is 3.26. The summed E-state index contributed by atoms with van der Waals surface area (Å²) in [5.74, 6) is -2.87. The lowest BCUT2D eigenvalue weighted by atomic mass is 10.0. The van der Waals surface area contributed by atoms with Crippen molar-refractivity contribution in [2.75, 3.05) is 6.54 Å². The van der Waals surface area contributed by atoms with Gasteiger partial charge in [0.1, 0.15) is 6.04 Å². The van der Waals surface area contributed by atoms with Gasteiger partial charge in [-0.3, -0.25) is 4.79 Å². The Morgan fingerprint density at radius 3 is 2.53 bits per heavy atom. The summed E-state index contributed by atoms with van der Waals surface area (Å²) in [5.41, 5.74) is 8.34. The Labute approximate surface area is 178 Å². The third kappa shape index (κ3) is 5.90. The maximum absolute atomic E-state index is 12.5. The summed E-state index contributed by atoms with van der Waals surface area (Å²) in [6.45, 7) is 0.639. The quantitative estimate of drug-likeness (QED) is 0.755. The van der Waals surface area contributed by atoms with E-state index >= 15 is 0 Å². The minimum Gasteiger partial charge on any atom is -0.475 e. The normalized spacial score (nSPS) is 16.8. The molecular weight excluding hydrogens is 421 g/mol. The number of halogens is 3. The van der Waals surface area contributed by atoms with Crippen molar-refractivity contribution in [3.05, 3.63) is 36.0 Å². The number of benzene rings is 1. The Kier molecular flexibility index (Phi) is 8.74. The van der Waals surface area contributed by atoms with Crippen LogP contribution >= 0.6 is 13.5 Å². The highest BCUT2D eigenvalue weighted by Gasteiger charge is 2.38. The number of aryl methyl sites for hydroxylation is 1. The first-order chi connectivity index (χ1) is 13.6. The summed E-state index contributed by atoms with van der Waals surface area (Å²) in [4.78, 5) is 23.0. The number of carbonyl (C=O) groups excluding carboxylic acids is 1. The molecule has 2 aromatic rings. The number of fused-ring (bicyclic) bond motifs is 1. The minimum atomic E-state index is -5.08. The number of hydrogen-bond acceptors (Lipinski definition) is 4. The second-order valence-corrected chi connectivity index (χ2v) is 6.71. The van der Waals surface area contributed by atoms with Crippen molar-refractivity contribution < 1.29 is 27.9 Å². The van der Waals surface area contributed by atoms with Crippen LogP contribution in [0.2, 0.25) is 0 Å². The lowest BCUT2D eigenvalue weighted by Crippen LogP contribution is -2.46. The highest BCUT2D eigenvalue weighted by Crippen LogP contribution is 2.23. The van der Waals surface area contributed by atoms with E-state index in [4.69, 9.17) is 20.9 Å². The van der Waals surface area contributed by atoms with Crippen LogP contribution in [0.25, 0.3) is 10.9 Å². The van der Waals surface area contributed by atoms with Crippen molar-refractivity contribution in [3.8, 4) is 6.07 Å². The molecule has 30 heavy (non-hydrogen) atoms. The number of rotatable bonds is 3. The van der Waals surface area contributed by atoms with Crippen molar-refractivity contribution >= 4 is 36.3 Å². The number of aromatic nitrogens is 1. The van der Waals surface area contributed by atoms with Crippen molar-refractivity contribution in [3.63, 3.8) is 0 Å². The predicted molar refractivity (Wildman–Crippen MR) is 109 cm³/mol. The van der Waals surface area contributed by atoms with Crippen LogP contribution in [0.3, 0.4) is 0 Å². The first kappa shape index (κ1) is 25.3. The van der Waals surface area contributed by atoms with Crippen molar-refractivity contribution in [2.24, 2.45) is 12.8 Å². The highest BCUT2D eigenvalue weighted by molar-refractivity contribution is 7.59. The zero-order valence-electron chi connectivity index (χ0n) is 16.2. The zero-order chi connectivity index (χ0) is 21.8. The molecule has 3 N–H and O–H groups in total. The molecule has 1 amide bonds. The third-order valence-electron chi connectivity index (χ3n) is 4.66. The third-order valence-corrected chi connectivity index (χ3v) is 4.66. The molecule has 1 fully saturated rings. The number of aliphatic carboxylic acids is 1. The second kappa shape index (κ2) is 10.4. The van der Waals surface area contributed by atoms with E-state index in [1.165, 1.54) is 0 Å². The van der Waals surface area contributed by atoms with E-state index in [-0.39, 0.29) is 25.4 Å². The average molecular weight is 444 g/mol. The number of carboxylic acid groups (broad SMARTS) is 1. The lowest BCUT2D eigenvalue weighted by Gasteiger charge is -2.23. The lowest BCUT2D eigenvalue weighted by molar-refractivity contribution is -0.192. The Bertz CT molecular complexity index is 939. The van der Waals surface area contributed by atoms with Crippen LogP contribution in [0.1, 0.15) is 18.4 Å². The zero-order valence-corrected chi connectivity index (χ0v) is 17.2. The summed E-state index contributed by atoms with van der Waals surface area (Å²) < 4.78 is 33.8. The Morgan fingerprint density at radius 1 is 1.37 bits per heavy atom. The van der Waals surface area contributed by atoms with E-state index < -0.39 is 18.2 Å². The van der Waals surface area contributed by atoms with E-state index in [0.29, 0.717) is 13.0 Å². The highest BCUT2D eigenvalue weighted by atomic mass is 32.1. The van der Waals surface area contributed by atoms with Crippen molar-refractivity contribution in [1.29, 1.82) is 5.26 Å². The number of likely N-dealkylation sites (tertiary alicyclic amines) is 1. The fourth-order valence-electron chi connectivity index (χ4n) is 3.29. The van der Waals surface area contributed by atoms with Gasteiger partial charge in [-0.25, -0.2) is 4.79 Å². The number of nitrogens with two attached hydrogens (primary N) is 1. The van der Waals surface area contributed by atoms with Gasteiger partial charge in [0.15, 0.2) is 0 Å². The number of amides is 1. The fourth-order valence-corrected chi connectivity index (χ4v) is 3.29. The van der Waals surface area contributed by atoms with Crippen LogP contribution in [0.5, 0.6) is 0 Å². The van der Waals surface area contributed by atoms with Crippen LogP contribution in [0.15, 0.2) is 30.5 Å². The maximum Gasteiger partial charge on any atom is 0.490 e. The summed E-state index contributed by atoms with van der Waals surface area (Å²) in [6.07, 6.45) is -0.924. The van der Waals surface area contributed by atoms with Gasteiger partial charge in [-0.15, -0.1) is 0 Å². The molecule has 1 aromatic heterocycles. The van der Waals surface area contributed by atoms with E-state index in [2.05, 4.69) is 22.8 Å². The van der Waals surface area contributed by atoms with E-state index in [9.17, 15) is 18.0 Å². The number of nitrogens with zero attached hydrogens (tertiary/aromatic N) is 3. The van der Waals surface area contributed by atoms with Gasteiger partial charge in [-0.05, 0) is 30.9 Å². The van der Waals surface area contributed by atoms with E-state index in [1.54, 1.807) is 4.90 Å². The van der Waals surface area contributed by atoms with Gasteiger partial charge >= 0.3 is 12.1 Å². The van der Waals surface area contributed by atoms with Crippen LogP contribution in [-0.4, -0.2) is 51.3 Å². The van der Waals surface area contributed by atoms with Gasteiger partial charge < -0.3 is 20.3 Å². The van der Waals surface area contributed by atoms with Gasteiger partial charge in [0, 0.05) is 30.7 Å². The molecule has 164 valence electrons. The van der Waals surface area contributed by atoms with Gasteiger partial charge in [-0.1, -0.05) is 18.2 Å². The number of hydrogen-bond donors (Lipinski definition) is 2. The number of carbonyl (C=O) groups is 2. The molecule has 7 nitrogen and oxygen atoms in total. The smallest absolute Gasteiger partial charge is 0.475 e. The molecule has 2 atom stereocenters. The maximum atomic E-state index is 12.5. The molecule has 11 heteroatoms. The van der Waals surface area contributed by atoms with Gasteiger partial charge in [0.25, 0.3) is 0 Å². The molecule has 1 saturated heterocycles. The van der Waals surface area contributed by atoms with Gasteiger partial charge in [-0.2, -0.15) is 31.9 Å².